The smallest absolute Gasteiger partial charge is 0.229 e. The van der Waals surface area contributed by atoms with Crippen molar-refractivity contribution in [1.29, 1.82) is 0 Å². The van der Waals surface area contributed by atoms with Gasteiger partial charge in [-0.25, -0.2) is 4.98 Å². The average Bonchev–Trinajstić information content (AvgIpc) is 3.01. The van der Waals surface area contributed by atoms with E-state index in [1.165, 1.54) is 11.3 Å². The summed E-state index contributed by atoms with van der Waals surface area (Å²) in [4.78, 5) is 16.8. The maximum absolute atomic E-state index is 12.3. The minimum absolute atomic E-state index is 0. The third-order valence-electron chi connectivity index (χ3n) is 4.51. The summed E-state index contributed by atoms with van der Waals surface area (Å²) in [7, 11) is 0. The first-order valence-corrected chi connectivity index (χ1v) is 8.96. The number of nitrogens with zero attached hydrogens (tertiary/aromatic N) is 1. The number of rotatable bonds is 4. The van der Waals surface area contributed by atoms with E-state index in [0.29, 0.717) is 24.3 Å². The van der Waals surface area contributed by atoms with Crippen LogP contribution in [-0.4, -0.2) is 37.2 Å². The molecule has 25 heavy (non-hydrogen) atoms. The highest BCUT2D eigenvalue weighted by Gasteiger charge is 2.29. The molecule has 2 aliphatic rings. The number of carbonyl (C=O) groups is 1. The maximum atomic E-state index is 12.3. The lowest BCUT2D eigenvalue weighted by Gasteiger charge is -2.31. The van der Waals surface area contributed by atoms with Gasteiger partial charge in [-0.05, 0) is 37.2 Å². The SMILES string of the molecule is CC(C(=O)Nc1nc(-c2ccc3c(c2)OCCO3)cs1)C1CNC1.Cl. The number of halogens is 1. The van der Waals surface area contributed by atoms with Crippen LogP contribution in [0.3, 0.4) is 0 Å². The number of fused-ring (bicyclic) bond motifs is 1. The van der Waals surface area contributed by atoms with Gasteiger partial charge in [-0.15, -0.1) is 23.7 Å². The molecule has 0 spiro atoms. The molecular formula is C17H20ClN3O3S. The van der Waals surface area contributed by atoms with E-state index < -0.39 is 0 Å². The quantitative estimate of drug-likeness (QED) is 0.852. The molecule has 2 aromatic rings. The Morgan fingerprint density at radius 2 is 2.08 bits per heavy atom. The molecule has 1 unspecified atom stereocenters. The van der Waals surface area contributed by atoms with Crippen molar-refractivity contribution in [3.05, 3.63) is 23.6 Å². The summed E-state index contributed by atoms with van der Waals surface area (Å²) in [5.41, 5.74) is 1.78. The van der Waals surface area contributed by atoms with Crippen molar-refractivity contribution < 1.29 is 14.3 Å². The molecule has 0 saturated carbocycles. The van der Waals surface area contributed by atoms with E-state index in [4.69, 9.17) is 9.47 Å². The second-order valence-electron chi connectivity index (χ2n) is 6.09. The summed E-state index contributed by atoms with van der Waals surface area (Å²) in [6, 6.07) is 5.78. The molecule has 3 heterocycles. The fraction of sp³-hybridized carbons (Fsp3) is 0.412. The number of carbonyl (C=O) groups excluding carboxylic acids is 1. The molecule has 1 atom stereocenters. The number of aromatic nitrogens is 1. The normalized spacial score (nSPS) is 17.2. The minimum atomic E-state index is -0.00658. The van der Waals surface area contributed by atoms with Crippen LogP contribution < -0.4 is 20.1 Å². The molecule has 2 aliphatic heterocycles. The van der Waals surface area contributed by atoms with Crippen LogP contribution in [-0.2, 0) is 4.79 Å². The van der Waals surface area contributed by atoms with E-state index in [9.17, 15) is 4.79 Å². The number of anilines is 1. The summed E-state index contributed by atoms with van der Waals surface area (Å²) in [6.07, 6.45) is 0. The third-order valence-corrected chi connectivity index (χ3v) is 5.26. The monoisotopic (exact) mass is 381 g/mol. The largest absolute Gasteiger partial charge is 0.486 e. The molecule has 1 saturated heterocycles. The van der Waals surface area contributed by atoms with Gasteiger partial charge in [-0.2, -0.15) is 0 Å². The van der Waals surface area contributed by atoms with Gasteiger partial charge < -0.3 is 20.1 Å². The number of hydrogen-bond donors (Lipinski definition) is 2. The van der Waals surface area contributed by atoms with Crippen LogP contribution in [0.15, 0.2) is 23.6 Å². The molecule has 8 heteroatoms. The van der Waals surface area contributed by atoms with Crippen molar-refractivity contribution in [2.75, 3.05) is 31.6 Å². The molecule has 0 aliphatic carbocycles. The van der Waals surface area contributed by atoms with Gasteiger partial charge in [0.25, 0.3) is 0 Å². The lowest BCUT2D eigenvalue weighted by Crippen LogP contribution is -2.48. The van der Waals surface area contributed by atoms with E-state index >= 15 is 0 Å². The number of nitrogens with one attached hydrogen (secondary N) is 2. The second-order valence-corrected chi connectivity index (χ2v) is 6.95. The summed E-state index contributed by atoms with van der Waals surface area (Å²) in [5, 5.41) is 8.69. The first-order chi connectivity index (χ1) is 11.7. The van der Waals surface area contributed by atoms with Gasteiger partial charge in [-0.1, -0.05) is 6.92 Å². The Bertz CT molecular complexity index is 763. The van der Waals surface area contributed by atoms with Crippen molar-refractivity contribution in [2.24, 2.45) is 11.8 Å². The van der Waals surface area contributed by atoms with Crippen molar-refractivity contribution >= 4 is 34.8 Å². The standard InChI is InChI=1S/C17H19N3O3S.ClH/c1-10(12-7-18-8-12)16(21)20-17-19-13(9-24-17)11-2-3-14-15(6-11)23-5-4-22-14;/h2-3,6,9-10,12,18H,4-5,7-8H2,1H3,(H,19,20,21);1H. The van der Waals surface area contributed by atoms with E-state index in [1.807, 2.05) is 30.5 Å². The summed E-state index contributed by atoms with van der Waals surface area (Å²) in [6.45, 7) is 4.93. The van der Waals surface area contributed by atoms with Crippen LogP contribution >= 0.6 is 23.7 Å². The lowest BCUT2D eigenvalue weighted by atomic mass is 9.88. The Morgan fingerprint density at radius 3 is 2.80 bits per heavy atom. The molecule has 1 amide bonds. The summed E-state index contributed by atoms with van der Waals surface area (Å²) in [5.74, 6) is 1.94. The van der Waals surface area contributed by atoms with Crippen LogP contribution in [0.1, 0.15) is 6.92 Å². The van der Waals surface area contributed by atoms with Gasteiger partial charge in [0.2, 0.25) is 5.91 Å². The average molecular weight is 382 g/mol. The minimum Gasteiger partial charge on any atom is -0.486 e. The van der Waals surface area contributed by atoms with Crippen LogP contribution in [0.25, 0.3) is 11.3 Å². The molecule has 0 radical (unpaired) electrons. The highest BCUT2D eigenvalue weighted by atomic mass is 35.5. The number of thiazole rings is 1. The summed E-state index contributed by atoms with van der Waals surface area (Å²) < 4.78 is 11.1. The van der Waals surface area contributed by atoms with E-state index in [2.05, 4.69) is 15.6 Å². The van der Waals surface area contributed by atoms with Crippen molar-refractivity contribution in [3.63, 3.8) is 0 Å². The van der Waals surface area contributed by atoms with Gasteiger partial charge in [0, 0.05) is 16.9 Å². The van der Waals surface area contributed by atoms with Crippen LogP contribution in [0.4, 0.5) is 5.13 Å². The molecule has 134 valence electrons. The van der Waals surface area contributed by atoms with Crippen molar-refractivity contribution in [2.45, 2.75) is 6.92 Å². The Kier molecular flexibility index (Phi) is 5.46. The fourth-order valence-corrected chi connectivity index (χ4v) is 3.49. The van der Waals surface area contributed by atoms with Crippen LogP contribution in [0, 0.1) is 11.8 Å². The first-order valence-electron chi connectivity index (χ1n) is 8.08. The predicted octanol–water partition coefficient (Wildman–Crippen LogP) is 2.80. The predicted molar refractivity (Wildman–Crippen MR) is 99.9 cm³/mol. The highest BCUT2D eigenvalue weighted by molar-refractivity contribution is 7.14. The summed E-state index contributed by atoms with van der Waals surface area (Å²) >= 11 is 1.43. The van der Waals surface area contributed by atoms with Gasteiger partial charge in [0.05, 0.1) is 5.69 Å². The van der Waals surface area contributed by atoms with E-state index in [-0.39, 0.29) is 24.2 Å². The van der Waals surface area contributed by atoms with Gasteiger partial charge in [0.1, 0.15) is 13.2 Å². The fourth-order valence-electron chi connectivity index (χ4n) is 2.76. The van der Waals surface area contributed by atoms with Crippen LogP contribution in [0.5, 0.6) is 11.5 Å². The molecule has 6 nitrogen and oxygen atoms in total. The molecule has 4 rings (SSSR count). The zero-order valence-electron chi connectivity index (χ0n) is 13.8. The number of hydrogen-bond acceptors (Lipinski definition) is 6. The Morgan fingerprint density at radius 1 is 1.32 bits per heavy atom. The molecule has 0 bridgehead atoms. The maximum Gasteiger partial charge on any atom is 0.229 e. The Balaban J connectivity index is 0.00000182. The number of benzene rings is 1. The van der Waals surface area contributed by atoms with E-state index in [0.717, 1.165) is 35.8 Å². The third kappa shape index (κ3) is 3.73. The van der Waals surface area contributed by atoms with Crippen molar-refractivity contribution in [3.8, 4) is 22.8 Å². The van der Waals surface area contributed by atoms with Gasteiger partial charge in [0.15, 0.2) is 16.6 Å². The first kappa shape index (κ1) is 18.0. The Labute approximate surface area is 156 Å². The Hall–Kier alpha value is -1.83. The van der Waals surface area contributed by atoms with Crippen LogP contribution in [0.2, 0.25) is 0 Å². The second kappa shape index (κ2) is 7.59. The van der Waals surface area contributed by atoms with Gasteiger partial charge in [-0.3, -0.25) is 4.79 Å². The molecule has 1 aromatic heterocycles. The number of amides is 1. The van der Waals surface area contributed by atoms with Gasteiger partial charge >= 0.3 is 0 Å². The van der Waals surface area contributed by atoms with Crippen molar-refractivity contribution in [1.82, 2.24) is 10.3 Å². The highest BCUT2D eigenvalue weighted by Crippen LogP contribution is 2.35. The lowest BCUT2D eigenvalue weighted by molar-refractivity contribution is -0.121. The molecule has 1 fully saturated rings. The zero-order chi connectivity index (χ0) is 16.5. The zero-order valence-corrected chi connectivity index (χ0v) is 15.4. The molecular weight excluding hydrogens is 362 g/mol. The number of ether oxygens (including phenoxy) is 2. The molecule has 2 N–H and O–H groups in total. The molecule has 1 aromatic carbocycles. The topological polar surface area (TPSA) is 72.5 Å². The van der Waals surface area contributed by atoms with E-state index in [1.54, 1.807) is 0 Å².